The molecule has 8 heteroatoms. The van der Waals surface area contributed by atoms with E-state index in [0.717, 1.165) is 11.3 Å². The van der Waals surface area contributed by atoms with Gasteiger partial charge in [-0.15, -0.1) is 5.10 Å². The number of nitrogens with zero attached hydrogens (tertiary/aromatic N) is 4. The van der Waals surface area contributed by atoms with E-state index < -0.39 is 0 Å². The van der Waals surface area contributed by atoms with E-state index in [9.17, 15) is 4.79 Å². The highest BCUT2D eigenvalue weighted by molar-refractivity contribution is 7.18. The highest BCUT2D eigenvalue weighted by Crippen LogP contribution is 2.33. The van der Waals surface area contributed by atoms with Crippen molar-refractivity contribution in [1.29, 1.82) is 0 Å². The number of rotatable bonds is 4. The maximum absolute atomic E-state index is 11.4. The fraction of sp³-hybridized carbons (Fsp3) is 0.0588. The van der Waals surface area contributed by atoms with Gasteiger partial charge in [-0.05, 0) is 48.6 Å². The number of fused-ring (bicyclic) bond motifs is 1. The van der Waals surface area contributed by atoms with Crippen molar-refractivity contribution in [3.05, 3.63) is 59.5 Å². The SMILES string of the molecule is CC(=O)c1ccc(Oc2nn3cc(-c4cccnc4)nc3s2)c(Cl)c1. The summed E-state index contributed by atoms with van der Waals surface area (Å²) in [5.74, 6) is 0.389. The lowest BCUT2D eigenvalue weighted by Crippen LogP contribution is -1.93. The third-order valence-electron chi connectivity index (χ3n) is 3.52. The van der Waals surface area contributed by atoms with Crippen LogP contribution in [0.3, 0.4) is 0 Å². The van der Waals surface area contributed by atoms with Gasteiger partial charge in [0.2, 0.25) is 4.96 Å². The van der Waals surface area contributed by atoms with Crippen LogP contribution in [-0.2, 0) is 0 Å². The molecule has 0 saturated heterocycles. The molecule has 4 rings (SSSR count). The number of ether oxygens (including phenoxy) is 1. The van der Waals surface area contributed by atoms with Crippen LogP contribution >= 0.6 is 22.9 Å². The Bertz CT molecular complexity index is 1040. The fourth-order valence-corrected chi connectivity index (χ4v) is 3.24. The Morgan fingerprint density at radius 1 is 1.32 bits per heavy atom. The molecule has 0 aliphatic carbocycles. The summed E-state index contributed by atoms with van der Waals surface area (Å²) in [7, 11) is 0. The van der Waals surface area contributed by atoms with Crippen LogP contribution in [0.5, 0.6) is 10.9 Å². The zero-order chi connectivity index (χ0) is 17.4. The van der Waals surface area contributed by atoms with Crippen LogP contribution < -0.4 is 4.74 Å². The predicted molar refractivity (Wildman–Crippen MR) is 95.6 cm³/mol. The number of hydrogen-bond donors (Lipinski definition) is 0. The predicted octanol–water partition coefficient (Wildman–Crippen LogP) is 4.50. The van der Waals surface area contributed by atoms with Crippen LogP contribution in [0.1, 0.15) is 17.3 Å². The summed E-state index contributed by atoms with van der Waals surface area (Å²) in [5.41, 5.74) is 2.25. The van der Waals surface area contributed by atoms with E-state index in [1.807, 2.05) is 18.3 Å². The molecule has 0 fully saturated rings. The van der Waals surface area contributed by atoms with E-state index in [2.05, 4.69) is 15.1 Å². The molecule has 4 aromatic rings. The van der Waals surface area contributed by atoms with Gasteiger partial charge in [-0.1, -0.05) is 11.6 Å². The third kappa shape index (κ3) is 3.11. The zero-order valence-corrected chi connectivity index (χ0v) is 14.6. The van der Waals surface area contributed by atoms with Crippen molar-refractivity contribution in [2.24, 2.45) is 0 Å². The molecule has 1 aromatic carbocycles. The summed E-state index contributed by atoms with van der Waals surface area (Å²) >= 11 is 7.47. The first-order chi connectivity index (χ1) is 12.1. The number of carbonyl (C=O) groups is 1. The van der Waals surface area contributed by atoms with Crippen molar-refractivity contribution < 1.29 is 9.53 Å². The Hall–Kier alpha value is -2.77. The molecular formula is C17H11ClN4O2S. The smallest absolute Gasteiger partial charge is 0.299 e. The minimum atomic E-state index is -0.0518. The first kappa shape index (κ1) is 15.7. The Morgan fingerprint density at radius 2 is 2.20 bits per heavy atom. The van der Waals surface area contributed by atoms with Crippen molar-refractivity contribution in [2.45, 2.75) is 6.92 Å². The van der Waals surface area contributed by atoms with Gasteiger partial charge in [0.25, 0.3) is 5.19 Å². The van der Waals surface area contributed by atoms with Gasteiger partial charge in [-0.3, -0.25) is 9.78 Å². The molecular weight excluding hydrogens is 360 g/mol. The monoisotopic (exact) mass is 370 g/mol. The highest BCUT2D eigenvalue weighted by Gasteiger charge is 2.13. The summed E-state index contributed by atoms with van der Waals surface area (Å²) in [6, 6.07) is 8.70. The zero-order valence-electron chi connectivity index (χ0n) is 13.0. The molecule has 0 amide bonds. The van der Waals surface area contributed by atoms with Gasteiger partial charge in [0.1, 0.15) is 5.75 Å². The topological polar surface area (TPSA) is 69.4 Å². The molecule has 0 radical (unpaired) electrons. The Morgan fingerprint density at radius 3 is 2.88 bits per heavy atom. The second kappa shape index (κ2) is 6.27. The largest absolute Gasteiger partial charge is 0.428 e. The van der Waals surface area contributed by atoms with E-state index in [1.165, 1.54) is 18.3 Å². The van der Waals surface area contributed by atoms with Crippen molar-refractivity contribution in [2.75, 3.05) is 0 Å². The maximum Gasteiger partial charge on any atom is 0.299 e. The lowest BCUT2D eigenvalue weighted by molar-refractivity contribution is 0.101. The van der Waals surface area contributed by atoms with Crippen LogP contribution in [0, 0.1) is 0 Å². The third-order valence-corrected chi connectivity index (χ3v) is 4.61. The second-order valence-corrected chi connectivity index (χ2v) is 6.59. The summed E-state index contributed by atoms with van der Waals surface area (Å²) in [6.07, 6.45) is 5.28. The van der Waals surface area contributed by atoms with Gasteiger partial charge < -0.3 is 4.74 Å². The fourth-order valence-electron chi connectivity index (χ4n) is 2.27. The van der Waals surface area contributed by atoms with Crippen molar-refractivity contribution in [1.82, 2.24) is 19.6 Å². The first-order valence-electron chi connectivity index (χ1n) is 7.35. The average molecular weight is 371 g/mol. The summed E-state index contributed by atoms with van der Waals surface area (Å²) in [4.78, 5) is 20.7. The van der Waals surface area contributed by atoms with E-state index >= 15 is 0 Å². The number of halogens is 1. The molecule has 124 valence electrons. The number of benzene rings is 1. The molecule has 25 heavy (non-hydrogen) atoms. The van der Waals surface area contributed by atoms with E-state index in [-0.39, 0.29) is 5.78 Å². The van der Waals surface area contributed by atoms with Crippen LogP contribution in [0.15, 0.2) is 48.9 Å². The maximum atomic E-state index is 11.4. The molecule has 0 N–H and O–H groups in total. The van der Waals surface area contributed by atoms with Gasteiger partial charge in [0.05, 0.1) is 16.9 Å². The van der Waals surface area contributed by atoms with Crippen LogP contribution in [-0.4, -0.2) is 25.4 Å². The molecule has 0 aliphatic heterocycles. The standard InChI is InChI=1S/C17H11ClN4O2S/c1-10(23)11-4-5-15(13(18)7-11)24-17-21-22-9-14(20-16(22)25-17)12-3-2-6-19-8-12/h2-9H,1H3. The summed E-state index contributed by atoms with van der Waals surface area (Å²) in [5, 5.41) is 5.13. The Labute approximate surface area is 151 Å². The number of Topliss-reactive ketones (excluding diaryl/α,β-unsaturated/α-hetero) is 1. The lowest BCUT2D eigenvalue weighted by atomic mass is 10.1. The summed E-state index contributed by atoms with van der Waals surface area (Å²) in [6.45, 7) is 1.49. The molecule has 0 atom stereocenters. The normalized spacial score (nSPS) is 11.0. The number of imidazole rings is 1. The molecule has 6 nitrogen and oxygen atoms in total. The average Bonchev–Trinajstić information content (AvgIpc) is 3.16. The molecule has 0 aliphatic rings. The molecule has 0 unspecified atom stereocenters. The van der Waals surface area contributed by atoms with Crippen molar-refractivity contribution in [3.63, 3.8) is 0 Å². The van der Waals surface area contributed by atoms with E-state index in [0.29, 0.717) is 26.5 Å². The van der Waals surface area contributed by atoms with E-state index in [1.54, 1.807) is 35.1 Å². The van der Waals surface area contributed by atoms with Crippen LogP contribution in [0.2, 0.25) is 5.02 Å². The number of pyridine rings is 1. The van der Waals surface area contributed by atoms with Gasteiger partial charge in [-0.2, -0.15) is 0 Å². The van der Waals surface area contributed by atoms with Crippen LogP contribution in [0.25, 0.3) is 16.2 Å². The molecule has 3 heterocycles. The van der Waals surface area contributed by atoms with Crippen molar-refractivity contribution >= 4 is 33.7 Å². The van der Waals surface area contributed by atoms with E-state index in [4.69, 9.17) is 16.3 Å². The number of carbonyl (C=O) groups excluding carboxylic acids is 1. The number of aromatic nitrogens is 4. The first-order valence-corrected chi connectivity index (χ1v) is 8.54. The minimum Gasteiger partial charge on any atom is -0.428 e. The number of hydrogen-bond acceptors (Lipinski definition) is 6. The second-order valence-electron chi connectivity index (χ2n) is 5.27. The minimum absolute atomic E-state index is 0.0518. The molecule has 0 saturated carbocycles. The van der Waals surface area contributed by atoms with Gasteiger partial charge >= 0.3 is 0 Å². The number of ketones is 1. The molecule has 0 spiro atoms. The van der Waals surface area contributed by atoms with Crippen LogP contribution in [0.4, 0.5) is 0 Å². The van der Waals surface area contributed by atoms with Crippen molar-refractivity contribution in [3.8, 4) is 22.2 Å². The Kier molecular flexibility index (Phi) is 3.95. The Balaban J connectivity index is 1.61. The molecule has 3 aromatic heterocycles. The quantitative estimate of drug-likeness (QED) is 0.494. The van der Waals surface area contributed by atoms with Gasteiger partial charge in [-0.25, -0.2) is 9.50 Å². The highest BCUT2D eigenvalue weighted by atomic mass is 35.5. The molecule has 0 bridgehead atoms. The van der Waals surface area contributed by atoms with Gasteiger partial charge in [0.15, 0.2) is 5.78 Å². The summed E-state index contributed by atoms with van der Waals surface area (Å²) < 4.78 is 7.38. The van der Waals surface area contributed by atoms with Gasteiger partial charge in [0, 0.05) is 23.5 Å². The lowest BCUT2D eigenvalue weighted by Gasteiger charge is -2.04.